The summed E-state index contributed by atoms with van der Waals surface area (Å²) in [6.45, 7) is 1.63. The molecule has 68 valence electrons. The van der Waals surface area contributed by atoms with Crippen molar-refractivity contribution in [3.05, 3.63) is 35.9 Å². The second-order valence-electron chi connectivity index (χ2n) is 2.69. The van der Waals surface area contributed by atoms with Gasteiger partial charge < -0.3 is 4.79 Å². The minimum Gasteiger partial charge on any atom is -0.300 e. The molecule has 1 rings (SSSR count). The first-order valence-electron chi connectivity index (χ1n) is 3.82. The average molecular weight is 255 g/mol. The molecule has 0 spiro atoms. The van der Waals surface area contributed by atoms with E-state index < -0.39 is 0 Å². The minimum atomic E-state index is 0. The maximum absolute atomic E-state index is 10.6. The number of hydrogen-bond donors (Lipinski definition) is 0. The maximum atomic E-state index is 10.6. The fraction of sp³-hybridized carbons (Fsp3) is 0.300. The summed E-state index contributed by atoms with van der Waals surface area (Å²) in [6, 6.07) is 10.1. The minimum absolute atomic E-state index is 0. The van der Waals surface area contributed by atoms with Gasteiger partial charge in [0, 0.05) is 26.8 Å². The molecule has 0 heterocycles. The van der Waals surface area contributed by atoms with E-state index in [0.717, 1.165) is 6.42 Å². The van der Waals surface area contributed by atoms with E-state index in [1.54, 1.807) is 6.92 Å². The summed E-state index contributed by atoms with van der Waals surface area (Å²) in [5, 5.41) is 0. The third kappa shape index (κ3) is 4.43. The molecule has 0 aliphatic carbocycles. The van der Waals surface area contributed by atoms with Crippen molar-refractivity contribution in [1.29, 1.82) is 0 Å². The van der Waals surface area contributed by atoms with E-state index in [-0.39, 0.29) is 26.2 Å². The van der Waals surface area contributed by atoms with Gasteiger partial charge in [-0.25, -0.2) is 0 Å². The molecular formula is C10H12OPd. The Morgan fingerprint density at radius 3 is 2.33 bits per heavy atom. The van der Waals surface area contributed by atoms with Crippen molar-refractivity contribution in [2.45, 2.75) is 19.8 Å². The molecule has 0 fully saturated rings. The maximum Gasteiger partial charge on any atom is 0.130 e. The van der Waals surface area contributed by atoms with Crippen LogP contribution < -0.4 is 0 Å². The van der Waals surface area contributed by atoms with E-state index in [1.165, 1.54) is 5.56 Å². The van der Waals surface area contributed by atoms with Crippen LogP contribution >= 0.6 is 0 Å². The summed E-state index contributed by atoms with van der Waals surface area (Å²) >= 11 is 0. The summed E-state index contributed by atoms with van der Waals surface area (Å²) in [5.74, 6) is 0.258. The van der Waals surface area contributed by atoms with Crippen molar-refractivity contribution in [3.8, 4) is 0 Å². The number of Topliss-reactive ketones (excluding diaryl/α,β-unsaturated/α-hetero) is 1. The van der Waals surface area contributed by atoms with Gasteiger partial charge in [0.25, 0.3) is 0 Å². The number of ketones is 1. The number of rotatable bonds is 3. The van der Waals surface area contributed by atoms with Gasteiger partial charge >= 0.3 is 0 Å². The number of hydrogen-bond acceptors (Lipinski definition) is 1. The molecule has 0 aliphatic rings. The molecule has 0 saturated carbocycles. The molecule has 2 heteroatoms. The molecule has 1 aromatic carbocycles. The Bertz CT molecular complexity index is 231. The van der Waals surface area contributed by atoms with Gasteiger partial charge in [0.1, 0.15) is 5.78 Å². The van der Waals surface area contributed by atoms with Crippen molar-refractivity contribution in [1.82, 2.24) is 0 Å². The number of aryl methyl sites for hydroxylation is 1. The third-order valence-electron chi connectivity index (χ3n) is 1.61. The first-order chi connectivity index (χ1) is 5.29. The van der Waals surface area contributed by atoms with Crippen LogP contribution in [-0.2, 0) is 31.6 Å². The molecule has 1 aromatic rings. The van der Waals surface area contributed by atoms with E-state index in [2.05, 4.69) is 0 Å². The molecule has 0 amide bonds. The average Bonchev–Trinajstić information content (AvgIpc) is 2.03. The molecule has 0 unspecified atom stereocenters. The van der Waals surface area contributed by atoms with Gasteiger partial charge in [-0.15, -0.1) is 0 Å². The summed E-state index contributed by atoms with van der Waals surface area (Å²) in [6.07, 6.45) is 1.53. The van der Waals surface area contributed by atoms with Gasteiger partial charge in [-0.3, -0.25) is 0 Å². The van der Waals surface area contributed by atoms with E-state index in [1.807, 2.05) is 30.3 Å². The van der Waals surface area contributed by atoms with E-state index in [9.17, 15) is 4.79 Å². The molecule has 1 nitrogen and oxygen atoms in total. The normalized spacial score (nSPS) is 8.75. The zero-order valence-electron chi connectivity index (χ0n) is 7.03. The van der Waals surface area contributed by atoms with E-state index >= 15 is 0 Å². The Morgan fingerprint density at radius 2 is 1.83 bits per heavy atom. The smallest absolute Gasteiger partial charge is 0.130 e. The number of carbonyl (C=O) groups excluding carboxylic acids is 1. The monoisotopic (exact) mass is 254 g/mol. The van der Waals surface area contributed by atoms with Crippen LogP contribution in [-0.4, -0.2) is 5.78 Å². The van der Waals surface area contributed by atoms with Crippen LogP contribution in [0.2, 0.25) is 0 Å². The van der Waals surface area contributed by atoms with Crippen molar-refractivity contribution < 1.29 is 25.2 Å². The topological polar surface area (TPSA) is 17.1 Å². The third-order valence-corrected chi connectivity index (χ3v) is 1.61. The van der Waals surface area contributed by atoms with Crippen LogP contribution in [0.25, 0.3) is 0 Å². The molecule has 12 heavy (non-hydrogen) atoms. The van der Waals surface area contributed by atoms with Crippen LogP contribution in [0.1, 0.15) is 18.9 Å². The summed E-state index contributed by atoms with van der Waals surface area (Å²) < 4.78 is 0. The van der Waals surface area contributed by atoms with Gasteiger partial charge in [-0.1, -0.05) is 30.3 Å². The van der Waals surface area contributed by atoms with Crippen molar-refractivity contribution >= 4 is 5.78 Å². The van der Waals surface area contributed by atoms with Gasteiger partial charge in [-0.05, 0) is 18.9 Å². The largest absolute Gasteiger partial charge is 0.300 e. The quantitative estimate of drug-likeness (QED) is 0.756. The number of benzene rings is 1. The van der Waals surface area contributed by atoms with Crippen molar-refractivity contribution in [2.75, 3.05) is 0 Å². The van der Waals surface area contributed by atoms with Crippen molar-refractivity contribution in [3.63, 3.8) is 0 Å². The number of carbonyl (C=O) groups is 1. The van der Waals surface area contributed by atoms with E-state index in [4.69, 9.17) is 0 Å². The Hall–Kier alpha value is -0.448. The fourth-order valence-electron chi connectivity index (χ4n) is 0.965. The van der Waals surface area contributed by atoms with Crippen LogP contribution in [0.5, 0.6) is 0 Å². The fourth-order valence-corrected chi connectivity index (χ4v) is 0.965. The Balaban J connectivity index is 0.00000121. The second-order valence-corrected chi connectivity index (χ2v) is 2.69. The SMILES string of the molecule is CC(=O)CCc1ccccc1.[Pd]. The van der Waals surface area contributed by atoms with Gasteiger partial charge in [0.05, 0.1) is 0 Å². The molecule has 0 N–H and O–H groups in total. The molecule has 0 aromatic heterocycles. The zero-order valence-corrected chi connectivity index (χ0v) is 8.58. The second kappa shape index (κ2) is 6.11. The molecule has 0 bridgehead atoms. The van der Waals surface area contributed by atoms with Crippen LogP contribution in [0.3, 0.4) is 0 Å². The summed E-state index contributed by atoms with van der Waals surface area (Å²) in [4.78, 5) is 10.6. The van der Waals surface area contributed by atoms with Crippen LogP contribution in [0, 0.1) is 0 Å². The molecule has 0 saturated heterocycles. The van der Waals surface area contributed by atoms with Crippen LogP contribution in [0.15, 0.2) is 30.3 Å². The molecular weight excluding hydrogens is 243 g/mol. The molecule has 0 radical (unpaired) electrons. The predicted octanol–water partition coefficient (Wildman–Crippen LogP) is 2.21. The zero-order chi connectivity index (χ0) is 8.10. The first-order valence-corrected chi connectivity index (χ1v) is 3.82. The van der Waals surface area contributed by atoms with Crippen molar-refractivity contribution in [2.24, 2.45) is 0 Å². The first kappa shape index (κ1) is 11.6. The summed E-state index contributed by atoms with van der Waals surface area (Å²) in [7, 11) is 0. The van der Waals surface area contributed by atoms with Gasteiger partial charge in [0.15, 0.2) is 0 Å². The van der Waals surface area contributed by atoms with Crippen LogP contribution in [0.4, 0.5) is 0 Å². The molecule has 0 aliphatic heterocycles. The Kier molecular flexibility index (Phi) is 5.88. The van der Waals surface area contributed by atoms with E-state index in [0.29, 0.717) is 6.42 Å². The Labute approximate surface area is 86.8 Å². The van der Waals surface area contributed by atoms with Gasteiger partial charge in [-0.2, -0.15) is 0 Å². The predicted molar refractivity (Wildman–Crippen MR) is 45.4 cm³/mol. The Morgan fingerprint density at radius 1 is 1.25 bits per heavy atom. The summed E-state index contributed by atoms with van der Waals surface area (Å²) in [5.41, 5.74) is 1.24. The molecule has 0 atom stereocenters. The standard InChI is InChI=1S/C10H12O.Pd/c1-9(11)7-8-10-5-3-2-4-6-10;/h2-6H,7-8H2,1H3;. The van der Waals surface area contributed by atoms with Gasteiger partial charge in [0.2, 0.25) is 0 Å².